The van der Waals surface area contributed by atoms with Gasteiger partial charge in [0, 0.05) is 34.0 Å². The molecule has 1 unspecified atom stereocenters. The van der Waals surface area contributed by atoms with Crippen molar-refractivity contribution in [1.82, 2.24) is 20.2 Å². The second kappa shape index (κ2) is 11.7. The van der Waals surface area contributed by atoms with Gasteiger partial charge in [-0.3, -0.25) is 19.5 Å². The molecule has 1 fully saturated rings. The maximum absolute atomic E-state index is 13.0. The number of aromatic nitrogens is 2. The van der Waals surface area contributed by atoms with Gasteiger partial charge in [0.25, 0.3) is 11.8 Å². The van der Waals surface area contributed by atoms with Crippen LogP contribution in [0.3, 0.4) is 0 Å². The molecular weight excluding hydrogens is 562 g/mol. The van der Waals surface area contributed by atoms with Crippen molar-refractivity contribution in [2.45, 2.75) is 35.6 Å². The molecule has 2 amide bonds. The van der Waals surface area contributed by atoms with Crippen molar-refractivity contribution in [3.8, 4) is 0 Å². The molecule has 0 aliphatic carbocycles. The highest BCUT2D eigenvalue weighted by atomic mass is 35.5. The van der Waals surface area contributed by atoms with Crippen LogP contribution in [-0.4, -0.2) is 73.1 Å². The lowest BCUT2D eigenvalue weighted by molar-refractivity contribution is -0.155. The number of rotatable bonds is 10. The number of thioether (sulfide) groups is 2. The van der Waals surface area contributed by atoms with Crippen molar-refractivity contribution < 1.29 is 24.7 Å². The van der Waals surface area contributed by atoms with Gasteiger partial charge in [-0.1, -0.05) is 39.9 Å². The van der Waals surface area contributed by atoms with Gasteiger partial charge in [-0.15, -0.1) is 0 Å². The molecule has 0 saturated carbocycles. The molecule has 0 bridgehead atoms. The standard InChI is InChI=1S/C21H22ClN7O5S3/c22-17-14(27-21(24)37-17)15(28-34)18(30)26-13-10-3-4-12(16(20(32)33)29(10)19(13)31)36-11-2-1-6-25-9(11)8-35-7-5-23/h1-2,6,10,13,34H,3-5,7-8,23H2,(H2,24,27)(H,26,30)(H,32,33)/t10?,13-/m1/s1. The fourth-order valence-corrected chi connectivity index (χ4v) is 6.92. The summed E-state index contributed by atoms with van der Waals surface area (Å²) in [4.78, 5) is 48.8. The Morgan fingerprint density at radius 3 is 2.84 bits per heavy atom. The van der Waals surface area contributed by atoms with Crippen LogP contribution in [0, 0.1) is 0 Å². The number of hydrogen-bond acceptors (Lipinski definition) is 12. The Morgan fingerprint density at radius 2 is 2.19 bits per heavy atom. The number of carboxylic acid groups (broad SMARTS) is 1. The van der Waals surface area contributed by atoms with Crippen molar-refractivity contribution in [2.75, 3.05) is 18.0 Å². The Kier molecular flexibility index (Phi) is 8.59. The monoisotopic (exact) mass is 583 g/mol. The van der Waals surface area contributed by atoms with Gasteiger partial charge in [0.1, 0.15) is 21.8 Å². The Balaban J connectivity index is 1.52. The molecule has 0 aromatic carbocycles. The van der Waals surface area contributed by atoms with Crippen LogP contribution in [0.25, 0.3) is 0 Å². The summed E-state index contributed by atoms with van der Waals surface area (Å²) < 4.78 is 0.0497. The minimum absolute atomic E-state index is 0.0497. The summed E-state index contributed by atoms with van der Waals surface area (Å²) in [7, 11) is 0. The predicted molar refractivity (Wildman–Crippen MR) is 142 cm³/mol. The third-order valence-electron chi connectivity index (χ3n) is 5.61. The number of fused-ring (bicyclic) bond motifs is 1. The number of carbonyl (C=O) groups is 3. The molecule has 2 aromatic rings. The number of pyridine rings is 1. The quantitative estimate of drug-likeness (QED) is 0.0897. The summed E-state index contributed by atoms with van der Waals surface area (Å²) >= 11 is 9.82. The van der Waals surface area contributed by atoms with Crippen LogP contribution in [0.5, 0.6) is 0 Å². The number of thiazole rings is 1. The number of anilines is 1. The highest BCUT2D eigenvalue weighted by Crippen LogP contribution is 2.44. The van der Waals surface area contributed by atoms with E-state index in [4.69, 9.17) is 23.1 Å². The summed E-state index contributed by atoms with van der Waals surface area (Å²) in [6.07, 6.45) is 2.48. The van der Waals surface area contributed by atoms with Crippen molar-refractivity contribution in [3.63, 3.8) is 0 Å². The number of nitrogens with one attached hydrogen (secondary N) is 1. The van der Waals surface area contributed by atoms with E-state index in [1.165, 1.54) is 16.7 Å². The minimum atomic E-state index is -1.24. The van der Waals surface area contributed by atoms with E-state index in [1.54, 1.807) is 24.0 Å². The normalized spacial score (nSPS) is 19.5. The molecule has 0 radical (unpaired) electrons. The van der Waals surface area contributed by atoms with E-state index in [-0.39, 0.29) is 20.9 Å². The fraction of sp³-hybridized carbons (Fsp3) is 0.333. The van der Waals surface area contributed by atoms with E-state index in [9.17, 15) is 24.7 Å². The smallest absolute Gasteiger partial charge is 0.353 e. The molecule has 196 valence electrons. The Bertz CT molecular complexity index is 1300. The van der Waals surface area contributed by atoms with Gasteiger partial charge in [-0.25, -0.2) is 9.78 Å². The number of nitrogen functional groups attached to an aromatic ring is 1. The van der Waals surface area contributed by atoms with Crippen LogP contribution < -0.4 is 16.8 Å². The van der Waals surface area contributed by atoms with Crippen LogP contribution in [-0.2, 0) is 20.1 Å². The molecule has 1 saturated heterocycles. The number of hydrogen-bond donors (Lipinski definition) is 5. The Morgan fingerprint density at radius 1 is 1.41 bits per heavy atom. The summed E-state index contributed by atoms with van der Waals surface area (Å²) in [6.45, 7) is 0.543. The van der Waals surface area contributed by atoms with Crippen molar-refractivity contribution >= 4 is 75.1 Å². The van der Waals surface area contributed by atoms with Crippen LogP contribution in [0.15, 0.2) is 39.0 Å². The zero-order chi connectivity index (χ0) is 26.7. The van der Waals surface area contributed by atoms with Crippen molar-refractivity contribution in [1.29, 1.82) is 0 Å². The number of aliphatic carboxylic acids is 1. The van der Waals surface area contributed by atoms with Gasteiger partial charge in [-0.05, 0) is 25.0 Å². The third-order valence-corrected chi connectivity index (χ3v) is 8.93. The molecule has 4 heterocycles. The molecule has 2 aliphatic rings. The van der Waals surface area contributed by atoms with Gasteiger partial charge < -0.3 is 27.1 Å². The number of β-lactam (4-membered cyclic amide) rings is 1. The molecule has 2 atom stereocenters. The topological polar surface area (TPSA) is 197 Å². The minimum Gasteiger partial charge on any atom is -0.477 e. The highest BCUT2D eigenvalue weighted by molar-refractivity contribution is 8.03. The predicted octanol–water partition coefficient (Wildman–Crippen LogP) is 1.72. The Hall–Kier alpha value is -2.85. The molecule has 2 aliphatic heterocycles. The van der Waals surface area contributed by atoms with Gasteiger partial charge >= 0.3 is 5.97 Å². The van der Waals surface area contributed by atoms with Crippen molar-refractivity contribution in [2.24, 2.45) is 10.9 Å². The molecule has 16 heteroatoms. The maximum atomic E-state index is 13.0. The zero-order valence-electron chi connectivity index (χ0n) is 19.1. The van der Waals surface area contributed by atoms with Crippen LogP contribution in [0.4, 0.5) is 5.13 Å². The molecule has 2 aromatic heterocycles. The summed E-state index contributed by atoms with van der Waals surface area (Å²) in [6, 6.07) is 2.06. The number of nitrogens with zero attached hydrogens (tertiary/aromatic N) is 4. The summed E-state index contributed by atoms with van der Waals surface area (Å²) in [5.74, 6) is -1.32. The lowest BCUT2D eigenvalue weighted by Gasteiger charge is -2.50. The van der Waals surface area contributed by atoms with E-state index in [0.29, 0.717) is 30.0 Å². The van der Waals surface area contributed by atoms with Crippen molar-refractivity contribution in [3.05, 3.63) is 44.7 Å². The number of halogens is 1. The number of carboxylic acids is 1. The Labute approximate surface area is 228 Å². The number of oxime groups is 1. The van der Waals surface area contributed by atoms with Crippen LogP contribution in [0.2, 0.25) is 4.34 Å². The molecule has 12 nitrogen and oxygen atoms in total. The second-order valence-electron chi connectivity index (χ2n) is 7.86. The van der Waals surface area contributed by atoms with E-state index < -0.39 is 35.6 Å². The van der Waals surface area contributed by atoms with Gasteiger partial charge in [0.2, 0.25) is 0 Å². The van der Waals surface area contributed by atoms with Gasteiger partial charge in [0.05, 0.1) is 11.7 Å². The zero-order valence-corrected chi connectivity index (χ0v) is 22.3. The van der Waals surface area contributed by atoms with Crippen LogP contribution in [0.1, 0.15) is 24.2 Å². The molecule has 0 spiro atoms. The lowest BCUT2D eigenvalue weighted by Crippen LogP contribution is -2.72. The first-order valence-corrected chi connectivity index (χ1v) is 14.1. The molecular formula is C21H22ClN7O5S3. The average Bonchev–Trinajstić information content (AvgIpc) is 3.20. The summed E-state index contributed by atoms with van der Waals surface area (Å²) in [5.41, 5.74) is 11.2. The van der Waals surface area contributed by atoms with E-state index in [2.05, 4.69) is 20.4 Å². The highest BCUT2D eigenvalue weighted by Gasteiger charge is 2.54. The fourth-order valence-electron chi connectivity index (χ4n) is 4.01. The van der Waals surface area contributed by atoms with E-state index >= 15 is 0 Å². The SMILES string of the molecule is NCCSCc1ncccc1SC1=C(C(=O)O)N2C(=O)[C@H](NC(=O)C(=NO)c3nc(N)sc3Cl)C2CC1. The first-order valence-electron chi connectivity index (χ1n) is 10.9. The van der Waals surface area contributed by atoms with Gasteiger partial charge in [0.15, 0.2) is 10.8 Å². The van der Waals surface area contributed by atoms with E-state index in [0.717, 1.165) is 27.7 Å². The summed E-state index contributed by atoms with van der Waals surface area (Å²) in [5, 5.41) is 24.9. The molecule has 37 heavy (non-hydrogen) atoms. The first-order chi connectivity index (χ1) is 17.8. The third kappa shape index (κ3) is 5.55. The maximum Gasteiger partial charge on any atom is 0.353 e. The van der Waals surface area contributed by atoms with E-state index in [1.807, 2.05) is 6.07 Å². The average molecular weight is 584 g/mol. The van der Waals surface area contributed by atoms with Crippen LogP contribution >= 0.6 is 46.5 Å². The van der Waals surface area contributed by atoms with Gasteiger partial charge in [-0.2, -0.15) is 11.8 Å². The molecule has 7 N–H and O–H groups in total. The number of carbonyl (C=O) groups excluding carboxylic acids is 2. The number of nitrogens with two attached hydrogens (primary N) is 2. The second-order valence-corrected chi connectivity index (χ2v) is 11.7. The largest absolute Gasteiger partial charge is 0.477 e. The molecule has 4 rings (SSSR count). The number of amides is 2. The lowest BCUT2D eigenvalue weighted by atomic mass is 9.86. The number of allylic oxidation sites excluding steroid dienone is 1. The first kappa shape index (κ1) is 27.2.